The van der Waals surface area contributed by atoms with E-state index in [0.29, 0.717) is 6.42 Å². The molecule has 0 saturated carbocycles. The van der Waals surface area contributed by atoms with Gasteiger partial charge in [0.05, 0.1) is 0 Å². The third kappa shape index (κ3) is 1.92. The molecular weight excluding hydrogens is 193 g/mol. The SMILES string of the molecule is CCCC1(C)C(F)CC[SiH](F)C1F. The topological polar surface area (TPSA) is 0 Å². The summed E-state index contributed by atoms with van der Waals surface area (Å²) >= 11 is 0. The number of rotatable bonds is 2. The second-order valence-electron chi connectivity index (χ2n) is 4.22. The molecule has 0 amide bonds. The van der Waals surface area contributed by atoms with E-state index in [-0.39, 0.29) is 12.5 Å². The van der Waals surface area contributed by atoms with Gasteiger partial charge in [0.1, 0.15) is 12.0 Å². The Morgan fingerprint density at radius 2 is 2.08 bits per heavy atom. The first-order valence-electron chi connectivity index (χ1n) is 4.94. The minimum absolute atomic E-state index is 0.168. The van der Waals surface area contributed by atoms with E-state index in [0.717, 1.165) is 6.42 Å². The Morgan fingerprint density at radius 1 is 1.46 bits per heavy atom. The van der Waals surface area contributed by atoms with E-state index in [1.165, 1.54) is 0 Å². The van der Waals surface area contributed by atoms with Crippen molar-refractivity contribution in [2.75, 3.05) is 0 Å². The van der Waals surface area contributed by atoms with Crippen molar-refractivity contribution in [1.82, 2.24) is 0 Å². The van der Waals surface area contributed by atoms with Crippen molar-refractivity contribution < 1.29 is 12.9 Å². The highest BCUT2D eigenvalue weighted by Crippen LogP contribution is 2.43. The maximum atomic E-state index is 13.5. The first kappa shape index (κ1) is 11.1. The van der Waals surface area contributed by atoms with Crippen LogP contribution in [0.5, 0.6) is 0 Å². The molecule has 1 aliphatic heterocycles. The molecule has 0 bridgehead atoms. The Bertz CT molecular complexity index is 176. The van der Waals surface area contributed by atoms with Gasteiger partial charge in [-0.15, -0.1) is 0 Å². The number of hydrogen-bond donors (Lipinski definition) is 0. The summed E-state index contributed by atoms with van der Waals surface area (Å²) in [6.07, 6.45) is 0.257. The minimum Gasteiger partial charge on any atom is -0.315 e. The Morgan fingerprint density at radius 3 is 2.62 bits per heavy atom. The average molecular weight is 210 g/mol. The van der Waals surface area contributed by atoms with Crippen molar-refractivity contribution in [3.05, 3.63) is 0 Å². The highest BCUT2D eigenvalue weighted by Gasteiger charge is 2.50. The number of alkyl halides is 2. The first-order valence-corrected chi connectivity index (χ1v) is 6.86. The van der Waals surface area contributed by atoms with Gasteiger partial charge in [0.2, 0.25) is 0 Å². The molecule has 1 heterocycles. The molecule has 0 spiro atoms. The van der Waals surface area contributed by atoms with E-state index in [1.54, 1.807) is 6.92 Å². The zero-order chi connectivity index (χ0) is 10.1. The maximum Gasteiger partial charge on any atom is 0.266 e. The molecule has 13 heavy (non-hydrogen) atoms. The summed E-state index contributed by atoms with van der Waals surface area (Å²) in [6, 6.07) is 0.168. The van der Waals surface area contributed by atoms with E-state index in [2.05, 4.69) is 0 Å². The fourth-order valence-electron chi connectivity index (χ4n) is 2.20. The van der Waals surface area contributed by atoms with Gasteiger partial charge < -0.3 is 4.11 Å². The molecule has 0 N–H and O–H groups in total. The normalized spacial score (nSPS) is 46.4. The van der Waals surface area contributed by atoms with Crippen LogP contribution in [0.4, 0.5) is 12.9 Å². The van der Waals surface area contributed by atoms with Gasteiger partial charge in [0.25, 0.3) is 9.13 Å². The van der Waals surface area contributed by atoms with Crippen LogP contribution < -0.4 is 0 Å². The summed E-state index contributed by atoms with van der Waals surface area (Å²) in [6.45, 7) is 3.44. The van der Waals surface area contributed by atoms with E-state index >= 15 is 0 Å². The van der Waals surface area contributed by atoms with Gasteiger partial charge in [-0.3, -0.25) is 0 Å². The molecule has 0 aromatic carbocycles. The molecule has 1 aliphatic rings. The van der Waals surface area contributed by atoms with Crippen LogP contribution in [-0.2, 0) is 0 Å². The second-order valence-corrected chi connectivity index (χ2v) is 6.41. The van der Waals surface area contributed by atoms with Crippen LogP contribution in [0.3, 0.4) is 0 Å². The maximum absolute atomic E-state index is 13.5. The van der Waals surface area contributed by atoms with Gasteiger partial charge in [0.15, 0.2) is 0 Å². The van der Waals surface area contributed by atoms with E-state index in [9.17, 15) is 12.9 Å². The zero-order valence-corrected chi connectivity index (χ0v) is 9.35. The van der Waals surface area contributed by atoms with Crippen LogP contribution in [0.15, 0.2) is 0 Å². The van der Waals surface area contributed by atoms with Crippen molar-refractivity contribution in [3.63, 3.8) is 0 Å². The highest BCUT2D eigenvalue weighted by atomic mass is 28.3. The van der Waals surface area contributed by atoms with Crippen molar-refractivity contribution >= 4 is 9.13 Å². The summed E-state index contributed by atoms with van der Waals surface area (Å²) in [7, 11) is -2.79. The fourth-order valence-corrected chi connectivity index (χ4v) is 4.31. The molecule has 0 aromatic heterocycles. The van der Waals surface area contributed by atoms with Crippen molar-refractivity contribution in [2.24, 2.45) is 5.41 Å². The first-order chi connectivity index (χ1) is 6.02. The van der Waals surface area contributed by atoms with Crippen LogP contribution >= 0.6 is 0 Å². The molecular formula is C9H17F3Si. The average Bonchev–Trinajstić information content (AvgIpc) is 2.10. The highest BCUT2D eigenvalue weighted by molar-refractivity contribution is 6.53. The van der Waals surface area contributed by atoms with Crippen LogP contribution in [-0.4, -0.2) is 21.1 Å². The van der Waals surface area contributed by atoms with Crippen LogP contribution in [0.25, 0.3) is 0 Å². The van der Waals surface area contributed by atoms with Crippen molar-refractivity contribution in [2.45, 2.75) is 51.1 Å². The standard InChI is InChI=1S/C9H17F3Si/c1-3-5-9(2)7(10)4-6-13(12)8(9)11/h7-8,13H,3-6H2,1-2H3. The molecule has 4 atom stereocenters. The van der Waals surface area contributed by atoms with Crippen LogP contribution in [0, 0.1) is 5.41 Å². The lowest BCUT2D eigenvalue weighted by molar-refractivity contribution is 0.0390. The third-order valence-electron chi connectivity index (χ3n) is 3.15. The number of halogens is 3. The van der Waals surface area contributed by atoms with Gasteiger partial charge in [-0.05, 0) is 18.9 Å². The Hall–Kier alpha value is 0.00688. The largest absolute Gasteiger partial charge is 0.315 e. The van der Waals surface area contributed by atoms with Gasteiger partial charge in [0, 0.05) is 5.41 Å². The van der Waals surface area contributed by atoms with Gasteiger partial charge >= 0.3 is 0 Å². The molecule has 4 unspecified atom stereocenters. The minimum atomic E-state index is -2.79. The van der Waals surface area contributed by atoms with E-state index in [4.69, 9.17) is 0 Å². The van der Waals surface area contributed by atoms with Gasteiger partial charge in [-0.1, -0.05) is 20.3 Å². The predicted octanol–water partition coefficient (Wildman–Crippen LogP) is 3.11. The lowest BCUT2D eigenvalue weighted by Gasteiger charge is -2.40. The summed E-state index contributed by atoms with van der Waals surface area (Å²) < 4.78 is 40.1. The summed E-state index contributed by atoms with van der Waals surface area (Å²) in [4.78, 5) is 0. The summed E-state index contributed by atoms with van der Waals surface area (Å²) in [5, 5.41) is 0. The number of hydrogen-bond acceptors (Lipinski definition) is 0. The van der Waals surface area contributed by atoms with E-state index < -0.39 is 26.5 Å². The molecule has 0 nitrogen and oxygen atoms in total. The quantitative estimate of drug-likeness (QED) is 0.485. The molecule has 1 fully saturated rings. The molecule has 1 rings (SSSR count). The van der Waals surface area contributed by atoms with E-state index in [1.807, 2.05) is 6.92 Å². The Labute approximate surface area is 79.3 Å². The molecule has 4 heteroatoms. The lowest BCUT2D eigenvalue weighted by Crippen LogP contribution is -2.49. The smallest absolute Gasteiger partial charge is 0.266 e. The van der Waals surface area contributed by atoms with Gasteiger partial charge in [-0.2, -0.15) is 0 Å². The van der Waals surface area contributed by atoms with Crippen molar-refractivity contribution in [1.29, 1.82) is 0 Å². The molecule has 1 saturated heterocycles. The summed E-state index contributed by atoms with van der Waals surface area (Å²) in [5.41, 5.74) is -1.03. The molecule has 78 valence electrons. The lowest BCUT2D eigenvalue weighted by atomic mass is 9.80. The summed E-state index contributed by atoms with van der Waals surface area (Å²) in [5.74, 6) is -1.49. The predicted molar refractivity (Wildman–Crippen MR) is 50.5 cm³/mol. The fraction of sp³-hybridized carbons (Fsp3) is 1.00. The molecule has 0 aromatic rings. The Balaban J connectivity index is 2.75. The van der Waals surface area contributed by atoms with Crippen LogP contribution in [0.2, 0.25) is 6.04 Å². The molecule has 0 aliphatic carbocycles. The monoisotopic (exact) mass is 210 g/mol. The van der Waals surface area contributed by atoms with Crippen LogP contribution in [0.1, 0.15) is 33.1 Å². The molecule has 0 radical (unpaired) electrons. The van der Waals surface area contributed by atoms with Gasteiger partial charge in [-0.25, -0.2) is 8.78 Å². The van der Waals surface area contributed by atoms with Crippen molar-refractivity contribution in [3.8, 4) is 0 Å². The zero-order valence-electron chi connectivity index (χ0n) is 8.19. The third-order valence-corrected chi connectivity index (χ3v) is 5.43. The second kappa shape index (κ2) is 4.03. The Kier molecular flexibility index (Phi) is 3.43.